The molecule has 1 aliphatic rings. The molecule has 0 unspecified atom stereocenters. The summed E-state index contributed by atoms with van der Waals surface area (Å²) < 4.78 is 1.04. The zero-order chi connectivity index (χ0) is 10.7. The maximum Gasteiger partial charge on any atom is 0.174 e. The first-order chi connectivity index (χ1) is 7.24. The van der Waals surface area contributed by atoms with E-state index >= 15 is 0 Å². The molecule has 0 saturated heterocycles. The van der Waals surface area contributed by atoms with Gasteiger partial charge in [-0.2, -0.15) is 0 Å². The lowest BCUT2D eigenvalue weighted by Gasteiger charge is -2.04. The third kappa shape index (κ3) is 3.93. The van der Waals surface area contributed by atoms with E-state index in [-0.39, 0.29) is 0 Å². The Morgan fingerprint density at radius 1 is 1.60 bits per heavy atom. The number of aromatic nitrogens is 2. The number of hydrogen-bond donors (Lipinski definition) is 1. The van der Waals surface area contributed by atoms with E-state index in [1.807, 2.05) is 6.92 Å². The summed E-state index contributed by atoms with van der Waals surface area (Å²) in [6.07, 6.45) is 2.66. The minimum Gasteiger partial charge on any atom is -0.310 e. The van der Waals surface area contributed by atoms with E-state index in [1.165, 1.54) is 18.4 Å². The van der Waals surface area contributed by atoms with E-state index in [0.29, 0.717) is 0 Å². The highest BCUT2D eigenvalue weighted by Gasteiger charge is 2.20. The molecule has 0 aromatic carbocycles. The van der Waals surface area contributed by atoms with E-state index < -0.39 is 0 Å². The topological polar surface area (TPSA) is 37.8 Å². The van der Waals surface area contributed by atoms with Gasteiger partial charge in [-0.3, -0.25) is 0 Å². The fourth-order valence-electron chi connectivity index (χ4n) is 1.13. The average Bonchev–Trinajstić information content (AvgIpc) is 2.95. The predicted octanol–water partition coefficient (Wildman–Crippen LogP) is 2.25. The van der Waals surface area contributed by atoms with Crippen LogP contribution >= 0.6 is 23.1 Å². The van der Waals surface area contributed by atoms with Crippen molar-refractivity contribution in [1.29, 1.82) is 0 Å². The van der Waals surface area contributed by atoms with Crippen LogP contribution < -0.4 is 5.32 Å². The molecular weight excluding hydrogens is 226 g/mol. The Balaban J connectivity index is 1.65. The van der Waals surface area contributed by atoms with Gasteiger partial charge in [0, 0.05) is 18.3 Å². The van der Waals surface area contributed by atoms with Crippen molar-refractivity contribution in [2.45, 2.75) is 30.1 Å². The van der Waals surface area contributed by atoms with Crippen LogP contribution in [0, 0.1) is 6.92 Å². The molecule has 1 N–H and O–H groups in total. The molecule has 1 aromatic rings. The molecule has 5 heteroatoms. The van der Waals surface area contributed by atoms with Crippen molar-refractivity contribution in [1.82, 2.24) is 15.5 Å². The van der Waals surface area contributed by atoms with Crippen LogP contribution in [0.5, 0.6) is 0 Å². The molecule has 1 heterocycles. The zero-order valence-corrected chi connectivity index (χ0v) is 10.5. The molecule has 3 nitrogen and oxygen atoms in total. The molecule has 0 spiro atoms. The average molecular weight is 241 g/mol. The third-order valence-electron chi connectivity index (χ3n) is 2.13. The van der Waals surface area contributed by atoms with Gasteiger partial charge >= 0.3 is 0 Å². The van der Waals surface area contributed by atoms with Crippen LogP contribution in [0.25, 0.3) is 0 Å². The van der Waals surface area contributed by atoms with E-state index in [2.05, 4.69) is 22.1 Å². The van der Waals surface area contributed by atoms with Gasteiger partial charge in [0.15, 0.2) is 4.34 Å². The maximum absolute atomic E-state index is 4.07. The molecule has 0 radical (unpaired) electrons. The van der Waals surface area contributed by atoms with Crippen molar-refractivity contribution < 1.29 is 0 Å². The third-order valence-corrected chi connectivity index (χ3v) is 4.24. The van der Waals surface area contributed by atoms with Crippen LogP contribution in [0.15, 0.2) is 16.5 Å². The van der Waals surface area contributed by atoms with E-state index in [9.17, 15) is 0 Å². The molecule has 15 heavy (non-hydrogen) atoms. The van der Waals surface area contributed by atoms with E-state index in [1.54, 1.807) is 23.1 Å². The van der Waals surface area contributed by atoms with Gasteiger partial charge in [0.2, 0.25) is 0 Å². The van der Waals surface area contributed by atoms with Gasteiger partial charge in [0.05, 0.1) is 0 Å². The molecule has 1 fully saturated rings. The van der Waals surface area contributed by atoms with Gasteiger partial charge < -0.3 is 5.32 Å². The van der Waals surface area contributed by atoms with E-state index in [4.69, 9.17) is 0 Å². The summed E-state index contributed by atoms with van der Waals surface area (Å²) in [5, 5.41) is 12.5. The van der Waals surface area contributed by atoms with Gasteiger partial charge in [-0.1, -0.05) is 35.3 Å². The number of thioether (sulfide) groups is 1. The van der Waals surface area contributed by atoms with Crippen LogP contribution in [0.4, 0.5) is 0 Å². The Bertz CT molecular complexity index is 344. The molecule has 1 aliphatic carbocycles. The highest BCUT2D eigenvalue weighted by molar-refractivity contribution is 8.01. The Hall–Kier alpha value is -0.390. The largest absolute Gasteiger partial charge is 0.310 e. The first-order valence-corrected chi connectivity index (χ1v) is 6.87. The summed E-state index contributed by atoms with van der Waals surface area (Å²) in [4.78, 5) is 0. The van der Waals surface area contributed by atoms with Gasteiger partial charge in [0.25, 0.3) is 0 Å². The first-order valence-electron chi connectivity index (χ1n) is 5.07. The Kier molecular flexibility index (Phi) is 3.77. The summed E-state index contributed by atoms with van der Waals surface area (Å²) >= 11 is 3.37. The molecule has 1 saturated carbocycles. The fraction of sp³-hybridized carbons (Fsp3) is 0.600. The standard InChI is InChI=1S/C10H15N3S2/c1-7(5-11-9-3-4-9)6-14-10-13-12-8(2)15-10/h9,11H,1,3-6H2,2H3. The van der Waals surface area contributed by atoms with E-state index in [0.717, 1.165) is 27.7 Å². The number of rotatable bonds is 6. The highest BCUT2D eigenvalue weighted by atomic mass is 32.2. The fourth-order valence-corrected chi connectivity index (χ4v) is 2.85. The normalized spacial score (nSPS) is 15.5. The number of aryl methyl sites for hydroxylation is 1. The first kappa shape index (κ1) is 11.1. The second-order valence-corrected chi connectivity index (χ2v) is 6.18. The van der Waals surface area contributed by atoms with Crippen molar-refractivity contribution in [2.24, 2.45) is 0 Å². The Morgan fingerprint density at radius 2 is 2.40 bits per heavy atom. The van der Waals surface area contributed by atoms with Crippen LogP contribution in [0.1, 0.15) is 17.8 Å². The summed E-state index contributed by atoms with van der Waals surface area (Å²) in [6.45, 7) is 6.97. The van der Waals surface area contributed by atoms with Crippen LogP contribution in [-0.2, 0) is 0 Å². The quantitative estimate of drug-likeness (QED) is 0.612. The summed E-state index contributed by atoms with van der Waals surface area (Å²) in [7, 11) is 0. The molecule has 1 aromatic heterocycles. The predicted molar refractivity (Wildman–Crippen MR) is 65.5 cm³/mol. The minimum atomic E-state index is 0.760. The van der Waals surface area contributed by atoms with Crippen LogP contribution in [-0.4, -0.2) is 28.5 Å². The van der Waals surface area contributed by atoms with Crippen molar-refractivity contribution in [3.8, 4) is 0 Å². The summed E-state index contributed by atoms with van der Waals surface area (Å²) in [5.74, 6) is 0.939. The van der Waals surface area contributed by atoms with Crippen molar-refractivity contribution in [3.63, 3.8) is 0 Å². The number of nitrogens with one attached hydrogen (secondary N) is 1. The van der Waals surface area contributed by atoms with Crippen molar-refractivity contribution >= 4 is 23.1 Å². The molecule has 82 valence electrons. The molecule has 0 aliphatic heterocycles. The summed E-state index contributed by atoms with van der Waals surface area (Å²) in [6, 6.07) is 0.760. The highest BCUT2D eigenvalue weighted by Crippen LogP contribution is 2.24. The second kappa shape index (κ2) is 5.09. The van der Waals surface area contributed by atoms with Gasteiger partial charge in [0.1, 0.15) is 5.01 Å². The number of nitrogens with zero attached hydrogens (tertiary/aromatic N) is 2. The van der Waals surface area contributed by atoms with Gasteiger partial charge in [-0.25, -0.2) is 0 Å². The SMILES string of the molecule is C=C(CNC1CC1)CSc1nnc(C)s1. The lowest BCUT2D eigenvalue weighted by atomic mass is 10.3. The van der Waals surface area contributed by atoms with Crippen molar-refractivity contribution in [2.75, 3.05) is 12.3 Å². The monoisotopic (exact) mass is 241 g/mol. The molecule has 0 atom stereocenters. The van der Waals surface area contributed by atoms with Gasteiger partial charge in [-0.15, -0.1) is 10.2 Å². The lowest BCUT2D eigenvalue weighted by molar-refractivity contribution is 0.736. The smallest absolute Gasteiger partial charge is 0.174 e. The Labute approximate surface area is 98.4 Å². The second-order valence-electron chi connectivity index (χ2n) is 3.78. The molecule has 2 rings (SSSR count). The van der Waals surface area contributed by atoms with Crippen LogP contribution in [0.2, 0.25) is 0 Å². The molecule has 0 amide bonds. The Morgan fingerprint density at radius 3 is 3.00 bits per heavy atom. The molecule has 0 bridgehead atoms. The lowest BCUT2D eigenvalue weighted by Crippen LogP contribution is -2.19. The van der Waals surface area contributed by atoms with Crippen molar-refractivity contribution in [3.05, 3.63) is 17.2 Å². The van der Waals surface area contributed by atoms with Crippen LogP contribution in [0.3, 0.4) is 0 Å². The summed E-state index contributed by atoms with van der Waals surface area (Å²) in [5.41, 5.74) is 1.24. The van der Waals surface area contributed by atoms with Gasteiger partial charge in [-0.05, 0) is 19.8 Å². The number of hydrogen-bond acceptors (Lipinski definition) is 5. The molecular formula is C10H15N3S2. The zero-order valence-electron chi connectivity index (χ0n) is 8.82. The maximum atomic E-state index is 4.07. The minimum absolute atomic E-state index is 0.760.